The molecular weight excluding hydrogens is 323 g/mol. The van der Waals surface area contributed by atoms with E-state index in [0.717, 1.165) is 6.07 Å². The molecule has 0 bridgehead atoms. The first-order valence-electron chi connectivity index (χ1n) is 6.73. The molecule has 0 aliphatic heterocycles. The van der Waals surface area contributed by atoms with Gasteiger partial charge in [0.25, 0.3) is 0 Å². The molecule has 0 aliphatic rings. The van der Waals surface area contributed by atoms with E-state index in [2.05, 4.69) is 10.6 Å². The van der Waals surface area contributed by atoms with Crippen LogP contribution in [0, 0.1) is 5.82 Å². The molecular formula is C16H14ClFN2O3. The van der Waals surface area contributed by atoms with Gasteiger partial charge in [0.2, 0.25) is 0 Å². The molecule has 2 rings (SSSR count). The molecule has 0 atom stereocenters. The van der Waals surface area contributed by atoms with Gasteiger partial charge in [-0.2, -0.15) is 0 Å². The van der Waals surface area contributed by atoms with E-state index in [1.807, 2.05) is 0 Å². The summed E-state index contributed by atoms with van der Waals surface area (Å²) < 4.78 is 13.5. The maximum atomic E-state index is 13.5. The number of carbonyl (C=O) groups is 2. The summed E-state index contributed by atoms with van der Waals surface area (Å²) in [5.74, 6) is -2.62. The van der Waals surface area contributed by atoms with Crippen molar-refractivity contribution in [3.63, 3.8) is 0 Å². The Labute approximate surface area is 137 Å². The van der Waals surface area contributed by atoms with Crippen molar-refractivity contribution in [1.29, 1.82) is 0 Å². The molecule has 2 aromatic carbocycles. The van der Waals surface area contributed by atoms with Gasteiger partial charge in [-0.25, -0.2) is 4.39 Å². The highest BCUT2D eigenvalue weighted by molar-refractivity contribution is 6.39. The Morgan fingerprint density at radius 2 is 1.78 bits per heavy atom. The summed E-state index contributed by atoms with van der Waals surface area (Å²) in [6.45, 7) is -0.104. The Hall–Kier alpha value is -2.44. The Morgan fingerprint density at radius 1 is 1.09 bits per heavy atom. The van der Waals surface area contributed by atoms with Gasteiger partial charge in [-0.05, 0) is 29.3 Å². The molecule has 0 saturated carbocycles. The van der Waals surface area contributed by atoms with Gasteiger partial charge in [0.1, 0.15) is 5.82 Å². The minimum absolute atomic E-state index is 0.0705. The van der Waals surface area contributed by atoms with Crippen molar-refractivity contribution < 1.29 is 19.1 Å². The molecule has 3 N–H and O–H groups in total. The Kier molecular flexibility index (Phi) is 5.67. The minimum atomic E-state index is -1.01. The number of halogens is 2. The third-order valence-corrected chi connectivity index (χ3v) is 3.35. The maximum Gasteiger partial charge on any atom is 0.313 e. The Morgan fingerprint density at radius 3 is 2.48 bits per heavy atom. The topological polar surface area (TPSA) is 78.4 Å². The smallest absolute Gasteiger partial charge is 0.313 e. The van der Waals surface area contributed by atoms with Crippen molar-refractivity contribution in [2.24, 2.45) is 0 Å². The number of hydrogen-bond donors (Lipinski definition) is 3. The Balaban J connectivity index is 1.98. The van der Waals surface area contributed by atoms with E-state index in [4.69, 9.17) is 11.6 Å². The van der Waals surface area contributed by atoms with Gasteiger partial charge in [0.05, 0.1) is 12.3 Å². The molecule has 2 aromatic rings. The highest BCUT2D eigenvalue weighted by atomic mass is 35.5. The van der Waals surface area contributed by atoms with Crippen LogP contribution in [0.25, 0.3) is 0 Å². The van der Waals surface area contributed by atoms with Crippen molar-refractivity contribution >= 4 is 29.1 Å². The summed E-state index contributed by atoms with van der Waals surface area (Å²) >= 11 is 5.71. The first kappa shape index (κ1) is 16.9. The van der Waals surface area contributed by atoms with Crippen LogP contribution in [0.2, 0.25) is 5.02 Å². The van der Waals surface area contributed by atoms with Crippen LogP contribution >= 0.6 is 11.6 Å². The first-order valence-corrected chi connectivity index (χ1v) is 7.11. The van der Waals surface area contributed by atoms with Crippen LogP contribution in [-0.4, -0.2) is 16.9 Å². The maximum absolute atomic E-state index is 13.5. The van der Waals surface area contributed by atoms with E-state index in [-0.39, 0.29) is 23.9 Å². The molecule has 0 radical (unpaired) electrons. The molecule has 0 heterocycles. The van der Waals surface area contributed by atoms with Crippen molar-refractivity contribution in [2.75, 3.05) is 5.32 Å². The molecule has 0 aromatic heterocycles. The van der Waals surface area contributed by atoms with Crippen molar-refractivity contribution in [2.45, 2.75) is 13.2 Å². The number of aliphatic hydroxyl groups is 1. The minimum Gasteiger partial charge on any atom is -0.392 e. The average Bonchev–Trinajstić information content (AvgIpc) is 2.56. The highest BCUT2D eigenvalue weighted by Gasteiger charge is 2.16. The summed E-state index contributed by atoms with van der Waals surface area (Å²) in [5.41, 5.74) is 1.16. The largest absolute Gasteiger partial charge is 0.392 e. The van der Waals surface area contributed by atoms with E-state index in [1.54, 1.807) is 24.3 Å². The van der Waals surface area contributed by atoms with E-state index < -0.39 is 17.6 Å². The lowest BCUT2D eigenvalue weighted by Gasteiger charge is -2.10. The SMILES string of the molecule is O=C(NCc1ccccc1CO)C(=O)Nc1cc(Cl)ccc1F. The molecule has 120 valence electrons. The van der Waals surface area contributed by atoms with E-state index in [0.29, 0.717) is 11.1 Å². The third-order valence-electron chi connectivity index (χ3n) is 3.11. The molecule has 0 unspecified atom stereocenters. The van der Waals surface area contributed by atoms with Gasteiger partial charge in [-0.1, -0.05) is 35.9 Å². The standard InChI is InChI=1S/C16H14ClFN2O3/c17-12-5-6-13(18)14(7-12)20-16(23)15(22)19-8-10-3-1-2-4-11(10)9-21/h1-7,21H,8-9H2,(H,19,22)(H,20,23). The second kappa shape index (κ2) is 7.71. The quantitative estimate of drug-likeness (QED) is 0.749. The van der Waals surface area contributed by atoms with Gasteiger partial charge in [0, 0.05) is 11.6 Å². The number of carbonyl (C=O) groups excluding carboxylic acids is 2. The summed E-state index contributed by atoms with van der Waals surface area (Å²) in [4.78, 5) is 23.5. The molecule has 0 aliphatic carbocycles. The zero-order chi connectivity index (χ0) is 16.8. The second-order valence-corrected chi connectivity index (χ2v) is 5.12. The zero-order valence-corrected chi connectivity index (χ0v) is 12.7. The second-order valence-electron chi connectivity index (χ2n) is 4.69. The van der Waals surface area contributed by atoms with Crippen LogP contribution in [0.4, 0.5) is 10.1 Å². The molecule has 0 fully saturated rings. The lowest BCUT2D eigenvalue weighted by molar-refractivity contribution is -0.136. The normalized spacial score (nSPS) is 10.2. The van der Waals surface area contributed by atoms with Gasteiger partial charge in [0.15, 0.2) is 0 Å². The van der Waals surface area contributed by atoms with Crippen molar-refractivity contribution in [3.05, 3.63) is 64.4 Å². The highest BCUT2D eigenvalue weighted by Crippen LogP contribution is 2.19. The number of nitrogens with one attached hydrogen (secondary N) is 2. The lowest BCUT2D eigenvalue weighted by Crippen LogP contribution is -2.35. The van der Waals surface area contributed by atoms with Gasteiger partial charge >= 0.3 is 11.8 Å². The van der Waals surface area contributed by atoms with Crippen LogP contribution in [0.15, 0.2) is 42.5 Å². The number of amides is 2. The van der Waals surface area contributed by atoms with Crippen LogP contribution in [-0.2, 0) is 22.7 Å². The Bertz CT molecular complexity index is 737. The van der Waals surface area contributed by atoms with Crippen LogP contribution in [0.1, 0.15) is 11.1 Å². The summed E-state index contributed by atoms with van der Waals surface area (Å²) in [5, 5.41) is 14.0. The molecule has 7 heteroatoms. The van der Waals surface area contributed by atoms with Crippen molar-refractivity contribution in [1.82, 2.24) is 5.32 Å². The van der Waals surface area contributed by atoms with Crippen molar-refractivity contribution in [3.8, 4) is 0 Å². The van der Waals surface area contributed by atoms with Crippen LogP contribution in [0.3, 0.4) is 0 Å². The fourth-order valence-electron chi connectivity index (χ4n) is 1.91. The molecule has 0 saturated heterocycles. The van der Waals surface area contributed by atoms with Gasteiger partial charge < -0.3 is 15.7 Å². The summed E-state index contributed by atoms with van der Waals surface area (Å²) in [6.07, 6.45) is 0. The van der Waals surface area contributed by atoms with Gasteiger partial charge in [-0.3, -0.25) is 9.59 Å². The molecule has 5 nitrogen and oxygen atoms in total. The monoisotopic (exact) mass is 336 g/mol. The number of benzene rings is 2. The molecule has 2 amide bonds. The van der Waals surface area contributed by atoms with Crippen LogP contribution < -0.4 is 10.6 Å². The third kappa shape index (κ3) is 4.51. The fourth-order valence-corrected chi connectivity index (χ4v) is 2.08. The van der Waals surface area contributed by atoms with E-state index >= 15 is 0 Å². The van der Waals surface area contributed by atoms with E-state index in [9.17, 15) is 19.1 Å². The summed E-state index contributed by atoms with van der Waals surface area (Å²) in [6, 6.07) is 10.6. The lowest BCUT2D eigenvalue weighted by atomic mass is 10.1. The number of rotatable bonds is 4. The van der Waals surface area contributed by atoms with Crippen LogP contribution in [0.5, 0.6) is 0 Å². The van der Waals surface area contributed by atoms with Gasteiger partial charge in [-0.15, -0.1) is 0 Å². The van der Waals surface area contributed by atoms with E-state index in [1.165, 1.54) is 12.1 Å². The molecule has 23 heavy (non-hydrogen) atoms. The average molecular weight is 337 g/mol. The first-order chi connectivity index (χ1) is 11.0. The molecule has 0 spiro atoms. The zero-order valence-electron chi connectivity index (χ0n) is 12.0. The number of aliphatic hydroxyl groups excluding tert-OH is 1. The number of anilines is 1. The summed E-state index contributed by atoms with van der Waals surface area (Å²) in [7, 11) is 0. The fraction of sp³-hybridized carbons (Fsp3) is 0.125. The predicted octanol–water partition coefficient (Wildman–Crippen LogP) is 2.23. The predicted molar refractivity (Wildman–Crippen MR) is 84.3 cm³/mol. The number of hydrogen-bond acceptors (Lipinski definition) is 3.